The van der Waals surface area contributed by atoms with Crippen molar-refractivity contribution in [3.05, 3.63) is 36.9 Å². The number of nitriles is 1. The molecule has 0 aromatic heterocycles. The number of methoxy groups -OCH3 is 1. The lowest BCUT2D eigenvalue weighted by Crippen LogP contribution is -2.36. The van der Waals surface area contributed by atoms with Gasteiger partial charge in [-0.05, 0) is 38.1 Å². The van der Waals surface area contributed by atoms with Gasteiger partial charge in [0, 0.05) is 44.5 Å². The highest BCUT2D eigenvalue weighted by Crippen LogP contribution is 2.37. The van der Waals surface area contributed by atoms with E-state index in [2.05, 4.69) is 17.2 Å². The summed E-state index contributed by atoms with van der Waals surface area (Å²) in [5.74, 6) is -1.61. The number of ether oxygens (including phenoxy) is 2. The Labute approximate surface area is 229 Å². The number of carbonyl (C=O) groups excluding carboxylic acids is 3. The third-order valence-corrected chi connectivity index (χ3v) is 7.62. The summed E-state index contributed by atoms with van der Waals surface area (Å²) in [6, 6.07) is 9.47. The first-order valence-electron chi connectivity index (χ1n) is 12.8. The van der Waals surface area contributed by atoms with Gasteiger partial charge in [0.15, 0.2) is 0 Å². The number of carbonyl (C=O) groups is 3. The smallest absolute Gasteiger partial charge is 0.323 e. The summed E-state index contributed by atoms with van der Waals surface area (Å²) in [7, 11) is 1.64. The number of thioether (sulfide) groups is 1. The second-order valence-electron chi connectivity index (χ2n) is 8.75. The largest absolute Gasteiger partial charge is 0.460 e. The van der Waals surface area contributed by atoms with Gasteiger partial charge in [-0.2, -0.15) is 5.26 Å². The Balaban J connectivity index is 1.88. The topological polar surface area (TPSA) is 124 Å². The van der Waals surface area contributed by atoms with Crippen LogP contribution in [0.5, 0.6) is 0 Å². The summed E-state index contributed by atoms with van der Waals surface area (Å²) >= 11 is 1.48. The number of hydrogen-bond donors (Lipinski definition) is 2. The van der Waals surface area contributed by atoms with E-state index in [0.29, 0.717) is 38.3 Å². The Hall–Kier alpha value is -3.07. The average molecular weight is 546 g/mol. The molecule has 0 aliphatic carbocycles. The molecule has 3 atom stereocenters. The van der Waals surface area contributed by atoms with Gasteiger partial charge in [-0.25, -0.2) is 0 Å². The predicted molar refractivity (Wildman–Crippen MR) is 150 cm³/mol. The third kappa shape index (κ3) is 9.67. The molecule has 2 amide bonds. The molecular formula is C27H39N5O5S. The van der Waals surface area contributed by atoms with Gasteiger partial charge < -0.3 is 25.0 Å². The Morgan fingerprint density at radius 1 is 1.34 bits per heavy atom. The van der Waals surface area contributed by atoms with Crippen LogP contribution < -0.4 is 10.6 Å². The minimum atomic E-state index is -0.937. The van der Waals surface area contributed by atoms with Crippen molar-refractivity contribution in [2.75, 3.05) is 63.7 Å². The standard InChI is InChI=1S/C27H39N5O5S/c1-5-14-37-27(35)20(18-28)16-25-32(7-3)26(34)23(38-25)11-12-29-21-9-8-10-22(17-21)30-24(33)19-31(6-2)13-15-36-4/h5,8-10,17,20,23,25,29H,1,6-7,11-16,19H2,2-4H3,(H,30,33). The molecule has 0 radical (unpaired) electrons. The maximum atomic E-state index is 13.0. The van der Waals surface area contributed by atoms with E-state index >= 15 is 0 Å². The molecule has 0 spiro atoms. The first kappa shape index (κ1) is 31.1. The van der Waals surface area contributed by atoms with Crippen LogP contribution in [0, 0.1) is 17.2 Å². The van der Waals surface area contributed by atoms with Crippen molar-refractivity contribution in [2.45, 2.75) is 37.3 Å². The van der Waals surface area contributed by atoms with Crippen molar-refractivity contribution in [3.8, 4) is 6.07 Å². The summed E-state index contributed by atoms with van der Waals surface area (Å²) < 4.78 is 10.1. The highest BCUT2D eigenvalue weighted by Gasteiger charge is 2.41. The van der Waals surface area contributed by atoms with Crippen LogP contribution in [0.2, 0.25) is 0 Å². The van der Waals surface area contributed by atoms with E-state index in [4.69, 9.17) is 9.47 Å². The maximum absolute atomic E-state index is 13.0. The number of esters is 1. The molecule has 1 heterocycles. The molecule has 38 heavy (non-hydrogen) atoms. The highest BCUT2D eigenvalue weighted by atomic mass is 32.2. The number of nitrogens with zero attached hydrogens (tertiary/aromatic N) is 3. The number of anilines is 2. The SMILES string of the molecule is C=CCOC(=O)C(C#N)CC1SC(CCNc2cccc(NC(=O)CN(CC)CCOC)c2)C(=O)N1CC. The van der Waals surface area contributed by atoms with Crippen LogP contribution in [-0.4, -0.2) is 91.3 Å². The fraction of sp³-hybridized carbons (Fsp3) is 0.556. The van der Waals surface area contributed by atoms with Crippen LogP contribution >= 0.6 is 11.8 Å². The first-order chi connectivity index (χ1) is 18.4. The molecule has 1 saturated heterocycles. The molecule has 0 bridgehead atoms. The molecule has 2 N–H and O–H groups in total. The van der Waals surface area contributed by atoms with Gasteiger partial charge in [0.2, 0.25) is 11.8 Å². The quantitative estimate of drug-likeness (QED) is 0.225. The molecular weight excluding hydrogens is 506 g/mol. The van der Waals surface area contributed by atoms with Crippen molar-refractivity contribution in [1.29, 1.82) is 5.26 Å². The van der Waals surface area contributed by atoms with Gasteiger partial charge in [0.1, 0.15) is 12.5 Å². The summed E-state index contributed by atoms with van der Waals surface area (Å²) in [5.41, 5.74) is 1.53. The molecule has 1 aromatic carbocycles. The number of nitrogens with one attached hydrogen (secondary N) is 2. The minimum Gasteiger partial charge on any atom is -0.460 e. The number of rotatable bonds is 17. The fourth-order valence-electron chi connectivity index (χ4n) is 4.05. The molecule has 1 aliphatic heterocycles. The van der Waals surface area contributed by atoms with Crippen LogP contribution in [-0.2, 0) is 23.9 Å². The van der Waals surface area contributed by atoms with Crippen LogP contribution in [0.25, 0.3) is 0 Å². The zero-order valence-electron chi connectivity index (χ0n) is 22.5. The Bertz CT molecular complexity index is 985. The van der Waals surface area contributed by atoms with Gasteiger partial charge in [-0.3, -0.25) is 19.3 Å². The molecule has 2 rings (SSSR count). The first-order valence-corrected chi connectivity index (χ1v) is 13.8. The van der Waals surface area contributed by atoms with E-state index in [1.165, 1.54) is 17.8 Å². The van der Waals surface area contributed by atoms with Crippen molar-refractivity contribution in [3.63, 3.8) is 0 Å². The van der Waals surface area contributed by atoms with Crippen LogP contribution in [0.4, 0.5) is 11.4 Å². The zero-order valence-corrected chi connectivity index (χ0v) is 23.3. The van der Waals surface area contributed by atoms with E-state index in [-0.39, 0.29) is 42.0 Å². The molecule has 1 fully saturated rings. The summed E-state index contributed by atoms with van der Waals surface area (Å²) in [6.07, 6.45) is 2.26. The van der Waals surface area contributed by atoms with Crippen molar-refractivity contribution in [2.24, 2.45) is 5.92 Å². The molecule has 1 aliphatic rings. The molecule has 0 saturated carbocycles. The summed E-state index contributed by atoms with van der Waals surface area (Å²) in [5, 5.41) is 15.2. The second kappa shape index (κ2) is 16.7. The lowest BCUT2D eigenvalue weighted by molar-refractivity contribution is -0.146. The summed E-state index contributed by atoms with van der Waals surface area (Å²) in [6.45, 7) is 10.8. The Morgan fingerprint density at radius 2 is 2.11 bits per heavy atom. The van der Waals surface area contributed by atoms with E-state index in [1.54, 1.807) is 12.0 Å². The van der Waals surface area contributed by atoms with Crippen molar-refractivity contribution < 1.29 is 23.9 Å². The van der Waals surface area contributed by atoms with Gasteiger partial charge in [-0.15, -0.1) is 11.8 Å². The Kier molecular flexibility index (Phi) is 13.7. The molecule has 208 valence electrons. The zero-order chi connectivity index (χ0) is 27.9. The average Bonchev–Trinajstić information content (AvgIpc) is 3.21. The van der Waals surface area contributed by atoms with E-state index < -0.39 is 11.9 Å². The van der Waals surface area contributed by atoms with E-state index in [0.717, 1.165) is 12.2 Å². The van der Waals surface area contributed by atoms with Gasteiger partial charge >= 0.3 is 5.97 Å². The number of benzene rings is 1. The third-order valence-electron chi connectivity index (χ3n) is 6.10. The van der Waals surface area contributed by atoms with Gasteiger partial charge in [0.25, 0.3) is 0 Å². The number of amides is 2. The lowest BCUT2D eigenvalue weighted by atomic mass is 10.1. The number of hydrogen-bond acceptors (Lipinski definition) is 9. The van der Waals surface area contributed by atoms with Crippen LogP contribution in [0.15, 0.2) is 36.9 Å². The van der Waals surface area contributed by atoms with Crippen molar-refractivity contribution >= 4 is 40.9 Å². The molecule has 11 heteroatoms. The molecule has 1 aromatic rings. The minimum absolute atomic E-state index is 0.00964. The Morgan fingerprint density at radius 3 is 2.76 bits per heavy atom. The van der Waals surface area contributed by atoms with E-state index in [1.807, 2.05) is 49.1 Å². The lowest BCUT2D eigenvalue weighted by Gasteiger charge is -2.23. The monoisotopic (exact) mass is 545 g/mol. The second-order valence-corrected chi connectivity index (χ2v) is 10.1. The van der Waals surface area contributed by atoms with Crippen LogP contribution in [0.3, 0.4) is 0 Å². The summed E-state index contributed by atoms with van der Waals surface area (Å²) in [4.78, 5) is 41.3. The fourth-order valence-corrected chi connectivity index (χ4v) is 5.64. The van der Waals surface area contributed by atoms with Gasteiger partial charge in [0.05, 0.1) is 29.8 Å². The highest BCUT2D eigenvalue weighted by molar-refractivity contribution is 8.01. The normalized spacial score (nSPS) is 17.7. The van der Waals surface area contributed by atoms with Crippen molar-refractivity contribution in [1.82, 2.24) is 9.80 Å². The molecule has 3 unspecified atom stereocenters. The number of likely N-dealkylation sites (N-methyl/N-ethyl adjacent to an activating group) is 1. The van der Waals surface area contributed by atoms with Crippen LogP contribution in [0.1, 0.15) is 26.7 Å². The maximum Gasteiger partial charge on any atom is 0.323 e. The molecule has 10 nitrogen and oxygen atoms in total. The van der Waals surface area contributed by atoms with Gasteiger partial charge in [-0.1, -0.05) is 25.6 Å². The predicted octanol–water partition coefficient (Wildman–Crippen LogP) is 2.94. The van der Waals surface area contributed by atoms with E-state index in [9.17, 15) is 19.6 Å².